The maximum atomic E-state index is 10.1. The van der Waals surface area contributed by atoms with Crippen molar-refractivity contribution in [1.82, 2.24) is 9.97 Å². The van der Waals surface area contributed by atoms with Gasteiger partial charge in [-0.15, -0.1) is 0 Å². The molecule has 0 bridgehead atoms. The number of rotatable bonds is 1. The van der Waals surface area contributed by atoms with Gasteiger partial charge in [0, 0.05) is 0 Å². The van der Waals surface area contributed by atoms with Crippen molar-refractivity contribution in [2.24, 2.45) is 5.92 Å². The van der Waals surface area contributed by atoms with Crippen LogP contribution in [0.5, 0.6) is 0 Å². The lowest BCUT2D eigenvalue weighted by atomic mass is 9.70. The van der Waals surface area contributed by atoms with E-state index >= 15 is 0 Å². The van der Waals surface area contributed by atoms with Gasteiger partial charge in [-0.05, 0) is 18.8 Å². The number of hydrogen-bond donors (Lipinski definition) is 1. The smallest absolute Gasteiger partial charge is 0.177 e. The van der Waals surface area contributed by atoms with E-state index in [1.54, 1.807) is 6.07 Å². The Bertz CT molecular complexity index is 506. The Morgan fingerprint density at radius 1 is 1.38 bits per heavy atom. The Hall–Kier alpha value is -1.98. The summed E-state index contributed by atoms with van der Waals surface area (Å²) in [7, 11) is 0. The Labute approximate surface area is 93.0 Å². The summed E-state index contributed by atoms with van der Waals surface area (Å²) in [6.45, 7) is 2.04. The van der Waals surface area contributed by atoms with Crippen LogP contribution < -0.4 is 0 Å². The van der Waals surface area contributed by atoms with Crippen LogP contribution in [0.3, 0.4) is 0 Å². The van der Waals surface area contributed by atoms with Gasteiger partial charge < -0.3 is 5.11 Å². The van der Waals surface area contributed by atoms with Crippen molar-refractivity contribution in [3.05, 3.63) is 23.3 Å². The first kappa shape index (κ1) is 10.5. The fraction of sp³-hybridized carbons (Fsp3) is 0.455. The molecule has 5 nitrogen and oxygen atoms in total. The fourth-order valence-electron chi connectivity index (χ4n) is 2.08. The average molecular weight is 214 g/mol. The van der Waals surface area contributed by atoms with Crippen molar-refractivity contribution in [2.45, 2.75) is 25.4 Å². The molecule has 16 heavy (non-hydrogen) atoms. The van der Waals surface area contributed by atoms with E-state index in [9.17, 15) is 5.11 Å². The molecule has 0 amide bonds. The molecule has 1 aromatic rings. The molecule has 1 fully saturated rings. The molecule has 2 rings (SSSR count). The number of nitriles is 2. The van der Waals surface area contributed by atoms with E-state index in [0.29, 0.717) is 24.5 Å². The Morgan fingerprint density at radius 3 is 2.50 bits per heavy atom. The van der Waals surface area contributed by atoms with Crippen LogP contribution in [0.4, 0.5) is 0 Å². The highest BCUT2D eigenvalue weighted by Crippen LogP contribution is 2.44. The molecular formula is C11H10N4O. The molecule has 1 heterocycles. The highest BCUT2D eigenvalue weighted by atomic mass is 16.3. The molecule has 0 aromatic carbocycles. The van der Waals surface area contributed by atoms with Gasteiger partial charge in [-0.1, -0.05) is 6.92 Å². The summed E-state index contributed by atoms with van der Waals surface area (Å²) >= 11 is 0. The largest absolute Gasteiger partial charge is 0.383 e. The summed E-state index contributed by atoms with van der Waals surface area (Å²) in [6, 6.07) is 3.60. The number of nitrogens with zero attached hydrogens (tertiary/aromatic N) is 4. The summed E-state index contributed by atoms with van der Waals surface area (Å²) < 4.78 is 0. The minimum atomic E-state index is -0.966. The number of hydrogen-bond acceptors (Lipinski definition) is 5. The molecule has 1 N–H and O–H groups in total. The standard InChI is InChI=1S/C11H10N4O/c1-7-2-11(16,3-7)10-6-14-8(4-12)9(5-13)15-10/h6-7,16H,2-3H2,1H3. The predicted molar refractivity (Wildman–Crippen MR) is 53.8 cm³/mol. The third-order valence-corrected chi connectivity index (χ3v) is 2.83. The van der Waals surface area contributed by atoms with E-state index in [0.717, 1.165) is 0 Å². The van der Waals surface area contributed by atoms with Crippen molar-refractivity contribution in [3.63, 3.8) is 0 Å². The molecule has 5 heteroatoms. The van der Waals surface area contributed by atoms with Gasteiger partial charge in [-0.2, -0.15) is 10.5 Å². The number of aromatic nitrogens is 2. The molecule has 1 saturated carbocycles. The topological polar surface area (TPSA) is 93.6 Å². The molecule has 0 atom stereocenters. The fourth-order valence-corrected chi connectivity index (χ4v) is 2.08. The minimum Gasteiger partial charge on any atom is -0.383 e. The summed E-state index contributed by atoms with van der Waals surface area (Å²) in [5.74, 6) is 0.452. The zero-order valence-corrected chi connectivity index (χ0v) is 8.80. The Kier molecular flexibility index (Phi) is 2.34. The van der Waals surface area contributed by atoms with Crippen molar-refractivity contribution in [2.75, 3.05) is 0 Å². The van der Waals surface area contributed by atoms with E-state index in [1.807, 2.05) is 13.0 Å². The summed E-state index contributed by atoms with van der Waals surface area (Å²) in [6.07, 6.45) is 2.63. The summed E-state index contributed by atoms with van der Waals surface area (Å²) in [4.78, 5) is 7.83. The monoisotopic (exact) mass is 214 g/mol. The molecule has 0 spiro atoms. The highest BCUT2D eigenvalue weighted by molar-refractivity contribution is 5.36. The van der Waals surface area contributed by atoms with E-state index in [1.165, 1.54) is 6.20 Å². The van der Waals surface area contributed by atoms with Crippen LogP contribution in [-0.4, -0.2) is 15.1 Å². The first-order valence-electron chi connectivity index (χ1n) is 4.99. The van der Waals surface area contributed by atoms with E-state index < -0.39 is 5.60 Å². The van der Waals surface area contributed by atoms with Crippen molar-refractivity contribution >= 4 is 0 Å². The first-order valence-corrected chi connectivity index (χ1v) is 4.99. The second-order valence-electron chi connectivity index (χ2n) is 4.22. The van der Waals surface area contributed by atoms with Gasteiger partial charge in [0.25, 0.3) is 0 Å². The predicted octanol–water partition coefficient (Wildman–Crippen LogP) is 0.837. The lowest BCUT2D eigenvalue weighted by Gasteiger charge is -2.41. The highest BCUT2D eigenvalue weighted by Gasteiger charge is 2.43. The van der Waals surface area contributed by atoms with Crippen LogP contribution in [0.2, 0.25) is 0 Å². The van der Waals surface area contributed by atoms with E-state index in [2.05, 4.69) is 9.97 Å². The minimum absolute atomic E-state index is 0.00206. The molecule has 0 saturated heterocycles. The zero-order valence-electron chi connectivity index (χ0n) is 8.80. The van der Waals surface area contributed by atoms with E-state index in [-0.39, 0.29) is 11.4 Å². The third kappa shape index (κ3) is 1.52. The molecule has 0 unspecified atom stereocenters. The van der Waals surface area contributed by atoms with Crippen molar-refractivity contribution < 1.29 is 5.11 Å². The lowest BCUT2D eigenvalue weighted by molar-refractivity contribution is -0.0776. The van der Waals surface area contributed by atoms with Gasteiger partial charge in [0.1, 0.15) is 17.7 Å². The van der Waals surface area contributed by atoms with Crippen LogP contribution >= 0.6 is 0 Å². The van der Waals surface area contributed by atoms with Gasteiger partial charge >= 0.3 is 0 Å². The second-order valence-corrected chi connectivity index (χ2v) is 4.22. The van der Waals surface area contributed by atoms with Gasteiger partial charge in [0.2, 0.25) is 0 Å². The van der Waals surface area contributed by atoms with Gasteiger partial charge in [0.15, 0.2) is 11.4 Å². The van der Waals surface area contributed by atoms with E-state index in [4.69, 9.17) is 10.5 Å². The van der Waals surface area contributed by atoms with Gasteiger partial charge in [0.05, 0.1) is 11.9 Å². The molecule has 1 aliphatic rings. The summed E-state index contributed by atoms with van der Waals surface area (Å²) in [5.41, 5.74) is -0.595. The normalized spacial score (nSPS) is 27.6. The Morgan fingerprint density at radius 2 is 2.00 bits per heavy atom. The summed E-state index contributed by atoms with van der Waals surface area (Å²) in [5, 5.41) is 27.6. The van der Waals surface area contributed by atoms with Crippen LogP contribution in [0.15, 0.2) is 6.20 Å². The van der Waals surface area contributed by atoms with Gasteiger partial charge in [-0.25, -0.2) is 9.97 Å². The van der Waals surface area contributed by atoms with Crippen molar-refractivity contribution in [3.8, 4) is 12.1 Å². The molecule has 1 aromatic heterocycles. The maximum Gasteiger partial charge on any atom is 0.177 e. The molecular weight excluding hydrogens is 204 g/mol. The van der Waals surface area contributed by atoms with Crippen LogP contribution in [0.25, 0.3) is 0 Å². The van der Waals surface area contributed by atoms with Crippen LogP contribution in [0, 0.1) is 28.6 Å². The lowest BCUT2D eigenvalue weighted by Crippen LogP contribution is -2.40. The zero-order chi connectivity index (χ0) is 11.8. The quantitative estimate of drug-likeness (QED) is 0.747. The van der Waals surface area contributed by atoms with Gasteiger partial charge in [-0.3, -0.25) is 0 Å². The SMILES string of the molecule is CC1CC(O)(c2cnc(C#N)c(C#N)n2)C1. The molecule has 0 radical (unpaired) electrons. The Balaban J connectivity index is 2.39. The molecule has 80 valence electrons. The first-order chi connectivity index (χ1) is 7.59. The molecule has 1 aliphatic carbocycles. The maximum absolute atomic E-state index is 10.1. The van der Waals surface area contributed by atoms with Crippen molar-refractivity contribution in [1.29, 1.82) is 10.5 Å². The van der Waals surface area contributed by atoms with Crippen LogP contribution in [-0.2, 0) is 5.60 Å². The number of aliphatic hydroxyl groups is 1. The second kappa shape index (κ2) is 3.55. The molecule has 0 aliphatic heterocycles. The third-order valence-electron chi connectivity index (χ3n) is 2.83. The average Bonchev–Trinajstić information content (AvgIpc) is 2.26. The van der Waals surface area contributed by atoms with Crippen LogP contribution in [0.1, 0.15) is 36.8 Å².